The molecule has 17 heavy (non-hydrogen) atoms. The standard InChI is InChI=1S/C13H19NO2S/c1-13(16-2)6-4-7-14(10-13)9-11(15)12-5-3-8-17-12/h3,5,8H,4,6-7,9-10H2,1-2H3. The summed E-state index contributed by atoms with van der Waals surface area (Å²) in [5.41, 5.74) is -0.0893. The van der Waals surface area contributed by atoms with Crippen molar-refractivity contribution in [3.8, 4) is 0 Å². The third-order valence-electron chi connectivity index (χ3n) is 3.39. The lowest BCUT2D eigenvalue weighted by atomic mass is 9.94. The summed E-state index contributed by atoms with van der Waals surface area (Å²) >= 11 is 1.52. The Morgan fingerprint density at radius 3 is 3.12 bits per heavy atom. The maximum atomic E-state index is 12.0. The van der Waals surface area contributed by atoms with Crippen LogP contribution in [-0.4, -0.2) is 43.0 Å². The van der Waals surface area contributed by atoms with Crippen LogP contribution in [0.3, 0.4) is 0 Å². The van der Waals surface area contributed by atoms with E-state index in [4.69, 9.17) is 4.74 Å². The Morgan fingerprint density at radius 1 is 1.65 bits per heavy atom. The van der Waals surface area contributed by atoms with Gasteiger partial charge in [-0.05, 0) is 37.8 Å². The number of carbonyl (C=O) groups excluding carboxylic acids is 1. The van der Waals surface area contributed by atoms with Crippen molar-refractivity contribution in [1.82, 2.24) is 4.90 Å². The van der Waals surface area contributed by atoms with E-state index in [0.29, 0.717) is 6.54 Å². The first-order chi connectivity index (χ1) is 8.13. The zero-order valence-corrected chi connectivity index (χ0v) is 11.3. The van der Waals surface area contributed by atoms with Gasteiger partial charge < -0.3 is 4.74 Å². The van der Waals surface area contributed by atoms with E-state index in [0.717, 1.165) is 30.8 Å². The zero-order valence-electron chi connectivity index (χ0n) is 10.4. The molecule has 4 heteroatoms. The maximum Gasteiger partial charge on any atom is 0.186 e. The SMILES string of the molecule is COC1(C)CCCN(CC(=O)c2cccs2)C1. The quantitative estimate of drug-likeness (QED) is 0.772. The number of likely N-dealkylation sites (tertiary alicyclic amines) is 1. The van der Waals surface area contributed by atoms with Crippen LogP contribution in [0.2, 0.25) is 0 Å². The highest BCUT2D eigenvalue weighted by atomic mass is 32.1. The minimum Gasteiger partial charge on any atom is -0.377 e. The number of piperidine rings is 1. The van der Waals surface area contributed by atoms with E-state index in [2.05, 4.69) is 11.8 Å². The topological polar surface area (TPSA) is 29.5 Å². The summed E-state index contributed by atoms with van der Waals surface area (Å²) in [6.07, 6.45) is 2.18. The fourth-order valence-electron chi connectivity index (χ4n) is 2.33. The monoisotopic (exact) mass is 253 g/mol. The number of thiophene rings is 1. The largest absolute Gasteiger partial charge is 0.377 e. The van der Waals surface area contributed by atoms with Crippen LogP contribution in [0.15, 0.2) is 17.5 Å². The second-order valence-corrected chi connectivity index (χ2v) is 5.82. The summed E-state index contributed by atoms with van der Waals surface area (Å²) < 4.78 is 5.53. The first-order valence-corrected chi connectivity index (χ1v) is 6.85. The van der Waals surface area contributed by atoms with Crippen LogP contribution in [0, 0.1) is 0 Å². The van der Waals surface area contributed by atoms with Gasteiger partial charge in [0.1, 0.15) is 0 Å². The van der Waals surface area contributed by atoms with E-state index in [1.54, 1.807) is 7.11 Å². The summed E-state index contributed by atoms with van der Waals surface area (Å²) in [7, 11) is 1.75. The Bertz CT molecular complexity index is 377. The molecule has 1 aromatic heterocycles. The molecule has 1 fully saturated rings. The molecule has 0 N–H and O–H groups in total. The van der Waals surface area contributed by atoms with Gasteiger partial charge in [-0.25, -0.2) is 0 Å². The van der Waals surface area contributed by atoms with E-state index < -0.39 is 0 Å². The molecule has 2 heterocycles. The van der Waals surface area contributed by atoms with Gasteiger partial charge in [-0.2, -0.15) is 0 Å². The molecule has 0 aliphatic carbocycles. The van der Waals surface area contributed by atoms with Gasteiger partial charge in [0, 0.05) is 13.7 Å². The Labute approximate surface area is 106 Å². The predicted octanol–water partition coefficient (Wildman–Crippen LogP) is 2.43. The fraction of sp³-hybridized carbons (Fsp3) is 0.615. The van der Waals surface area contributed by atoms with Gasteiger partial charge in [-0.15, -0.1) is 11.3 Å². The second kappa shape index (κ2) is 5.29. The maximum absolute atomic E-state index is 12.0. The highest BCUT2D eigenvalue weighted by molar-refractivity contribution is 7.12. The van der Waals surface area contributed by atoms with E-state index in [9.17, 15) is 4.79 Å². The highest BCUT2D eigenvalue weighted by Gasteiger charge is 2.31. The molecular formula is C13H19NO2S. The average Bonchev–Trinajstić information content (AvgIpc) is 2.82. The second-order valence-electron chi connectivity index (χ2n) is 4.87. The summed E-state index contributed by atoms with van der Waals surface area (Å²) in [5, 5.41) is 1.95. The zero-order chi connectivity index (χ0) is 12.3. The molecule has 94 valence electrons. The van der Waals surface area contributed by atoms with Crippen molar-refractivity contribution in [2.24, 2.45) is 0 Å². The van der Waals surface area contributed by atoms with Crippen molar-refractivity contribution >= 4 is 17.1 Å². The molecule has 3 nitrogen and oxygen atoms in total. The van der Waals surface area contributed by atoms with Crippen molar-refractivity contribution in [3.63, 3.8) is 0 Å². The first kappa shape index (κ1) is 12.7. The number of ether oxygens (including phenoxy) is 1. The van der Waals surface area contributed by atoms with Gasteiger partial charge in [0.05, 0.1) is 17.0 Å². The van der Waals surface area contributed by atoms with E-state index in [-0.39, 0.29) is 11.4 Å². The molecule has 2 rings (SSSR count). The molecule has 0 saturated carbocycles. The lowest BCUT2D eigenvalue weighted by molar-refractivity contribution is -0.0485. The van der Waals surface area contributed by atoms with E-state index in [1.807, 2.05) is 17.5 Å². The van der Waals surface area contributed by atoms with Crippen LogP contribution in [0.4, 0.5) is 0 Å². The molecule has 0 amide bonds. The van der Waals surface area contributed by atoms with E-state index in [1.165, 1.54) is 11.3 Å². The van der Waals surface area contributed by atoms with Crippen LogP contribution >= 0.6 is 11.3 Å². The Kier molecular flexibility index (Phi) is 3.97. The number of hydrogen-bond acceptors (Lipinski definition) is 4. The summed E-state index contributed by atoms with van der Waals surface area (Å²) in [6, 6.07) is 3.82. The molecule has 1 aromatic rings. The highest BCUT2D eigenvalue weighted by Crippen LogP contribution is 2.24. The third kappa shape index (κ3) is 3.15. The molecule has 0 radical (unpaired) electrons. The number of Topliss-reactive ketones (excluding diaryl/α,β-unsaturated/α-hetero) is 1. The molecule has 1 saturated heterocycles. The summed E-state index contributed by atoms with van der Waals surface area (Å²) in [6.45, 7) is 4.48. The fourth-order valence-corrected chi connectivity index (χ4v) is 2.98. The number of nitrogens with zero attached hydrogens (tertiary/aromatic N) is 1. The van der Waals surface area contributed by atoms with Gasteiger partial charge in [0.25, 0.3) is 0 Å². The third-order valence-corrected chi connectivity index (χ3v) is 4.30. The Balaban J connectivity index is 1.93. The molecule has 0 aromatic carbocycles. The predicted molar refractivity (Wildman–Crippen MR) is 69.7 cm³/mol. The molecule has 1 unspecified atom stereocenters. The molecule has 1 atom stereocenters. The van der Waals surface area contributed by atoms with Gasteiger partial charge in [-0.1, -0.05) is 6.07 Å². The molecular weight excluding hydrogens is 234 g/mol. The first-order valence-electron chi connectivity index (χ1n) is 5.97. The van der Waals surface area contributed by atoms with Gasteiger partial charge >= 0.3 is 0 Å². The van der Waals surface area contributed by atoms with Gasteiger partial charge in [-0.3, -0.25) is 9.69 Å². The lowest BCUT2D eigenvalue weighted by Crippen LogP contribution is -2.48. The van der Waals surface area contributed by atoms with Crippen molar-refractivity contribution < 1.29 is 9.53 Å². The molecule has 1 aliphatic rings. The van der Waals surface area contributed by atoms with Crippen molar-refractivity contribution in [1.29, 1.82) is 0 Å². The van der Waals surface area contributed by atoms with Crippen LogP contribution in [0.1, 0.15) is 29.4 Å². The average molecular weight is 253 g/mol. The van der Waals surface area contributed by atoms with Crippen LogP contribution < -0.4 is 0 Å². The lowest BCUT2D eigenvalue weighted by Gasteiger charge is -2.39. The number of rotatable bonds is 4. The minimum absolute atomic E-state index is 0.0893. The van der Waals surface area contributed by atoms with Gasteiger partial charge in [0.15, 0.2) is 5.78 Å². The normalized spacial score (nSPS) is 26.0. The smallest absolute Gasteiger partial charge is 0.186 e. The number of ketones is 1. The summed E-state index contributed by atoms with van der Waals surface area (Å²) in [4.78, 5) is 15.1. The Hall–Kier alpha value is -0.710. The van der Waals surface area contributed by atoms with Crippen molar-refractivity contribution in [3.05, 3.63) is 22.4 Å². The van der Waals surface area contributed by atoms with Crippen molar-refractivity contribution in [2.45, 2.75) is 25.4 Å². The van der Waals surface area contributed by atoms with E-state index >= 15 is 0 Å². The number of hydrogen-bond donors (Lipinski definition) is 0. The molecule has 1 aliphatic heterocycles. The molecule has 0 bridgehead atoms. The number of carbonyl (C=O) groups is 1. The Morgan fingerprint density at radius 2 is 2.47 bits per heavy atom. The minimum atomic E-state index is -0.0893. The molecule has 0 spiro atoms. The number of methoxy groups -OCH3 is 1. The van der Waals surface area contributed by atoms with Crippen LogP contribution in [0.5, 0.6) is 0 Å². The van der Waals surface area contributed by atoms with Gasteiger partial charge in [0.2, 0.25) is 0 Å². The van der Waals surface area contributed by atoms with Crippen molar-refractivity contribution in [2.75, 3.05) is 26.7 Å². The van der Waals surface area contributed by atoms with Crippen LogP contribution in [0.25, 0.3) is 0 Å². The van der Waals surface area contributed by atoms with Crippen LogP contribution in [-0.2, 0) is 4.74 Å². The summed E-state index contributed by atoms with van der Waals surface area (Å²) in [5.74, 6) is 0.223.